The van der Waals surface area contributed by atoms with Crippen molar-refractivity contribution in [3.63, 3.8) is 0 Å². The Morgan fingerprint density at radius 2 is 1.90 bits per heavy atom. The fourth-order valence-electron chi connectivity index (χ4n) is 0.289. The Balaban J connectivity index is 3.29. The van der Waals surface area contributed by atoms with E-state index in [0.717, 1.165) is 0 Å². The third kappa shape index (κ3) is 7.43. The van der Waals surface area contributed by atoms with E-state index in [0.29, 0.717) is 0 Å². The average molecular weight is 146 g/mol. The van der Waals surface area contributed by atoms with E-state index in [1.54, 1.807) is 0 Å². The molecule has 0 aliphatic heterocycles. The van der Waals surface area contributed by atoms with Crippen LogP contribution in [0.4, 0.5) is 0 Å². The van der Waals surface area contributed by atoms with Crippen molar-refractivity contribution in [2.24, 2.45) is 0 Å². The average Bonchev–Trinajstić information content (AvgIpc) is 1.59. The molecule has 0 bridgehead atoms. The summed E-state index contributed by atoms with van der Waals surface area (Å²) in [7, 11) is 0. The summed E-state index contributed by atoms with van der Waals surface area (Å²) in [6.45, 7) is 7.09. The van der Waals surface area contributed by atoms with Crippen molar-refractivity contribution < 1.29 is 14.3 Å². The number of carbonyl (C=O) groups excluding carboxylic acids is 1. The van der Waals surface area contributed by atoms with Crippen LogP contribution in [0, 0.1) is 0 Å². The van der Waals surface area contributed by atoms with Gasteiger partial charge in [-0.05, 0) is 20.8 Å². The Labute approximate surface area is 61.3 Å². The molecule has 60 valence electrons. The highest BCUT2D eigenvalue weighted by Crippen LogP contribution is 2.05. The first-order valence-corrected chi connectivity index (χ1v) is 3.19. The van der Waals surface area contributed by atoms with Crippen LogP contribution in [0.25, 0.3) is 0 Å². The number of carbonyl (C=O) groups is 1. The zero-order chi connectivity index (χ0) is 8.20. The minimum Gasteiger partial charge on any atom is -0.439 e. The van der Waals surface area contributed by atoms with Gasteiger partial charge in [0.05, 0.1) is 5.60 Å². The molecule has 0 fully saturated rings. The van der Waals surface area contributed by atoms with Gasteiger partial charge in [0.15, 0.2) is 6.79 Å². The summed E-state index contributed by atoms with van der Waals surface area (Å²) < 4.78 is 9.65. The predicted molar refractivity (Wildman–Crippen MR) is 37.5 cm³/mol. The molecule has 0 aliphatic carbocycles. The molecule has 0 saturated heterocycles. The van der Waals surface area contributed by atoms with Crippen molar-refractivity contribution in [1.82, 2.24) is 0 Å². The van der Waals surface area contributed by atoms with Gasteiger partial charge in [-0.25, -0.2) is 0 Å². The van der Waals surface area contributed by atoms with E-state index in [1.807, 2.05) is 20.8 Å². The summed E-state index contributed by atoms with van der Waals surface area (Å²) in [5.74, 6) is -0.316. The molecule has 0 aromatic carbocycles. The van der Waals surface area contributed by atoms with Gasteiger partial charge in [-0.2, -0.15) is 0 Å². The minimum absolute atomic E-state index is 0.0405. The zero-order valence-electron chi connectivity index (χ0n) is 6.93. The van der Waals surface area contributed by atoms with Crippen LogP contribution in [0.5, 0.6) is 0 Å². The van der Waals surface area contributed by atoms with Crippen LogP contribution in [0.1, 0.15) is 27.7 Å². The van der Waals surface area contributed by atoms with Gasteiger partial charge in [0.1, 0.15) is 0 Å². The van der Waals surface area contributed by atoms with Crippen molar-refractivity contribution in [2.45, 2.75) is 33.3 Å². The second-order valence-corrected chi connectivity index (χ2v) is 3.01. The SMILES string of the molecule is CC(=O)OCOC(C)(C)C. The fraction of sp³-hybridized carbons (Fsp3) is 0.857. The lowest BCUT2D eigenvalue weighted by Crippen LogP contribution is -2.21. The first-order valence-electron chi connectivity index (χ1n) is 3.19. The Morgan fingerprint density at radius 3 is 2.20 bits per heavy atom. The maximum atomic E-state index is 10.2. The van der Waals surface area contributed by atoms with Crippen molar-refractivity contribution in [3.8, 4) is 0 Å². The summed E-state index contributed by atoms with van der Waals surface area (Å²) in [4.78, 5) is 10.2. The quantitative estimate of drug-likeness (QED) is 0.435. The summed E-state index contributed by atoms with van der Waals surface area (Å²) in [6.07, 6.45) is 0. The van der Waals surface area contributed by atoms with E-state index in [4.69, 9.17) is 4.74 Å². The number of hydrogen-bond acceptors (Lipinski definition) is 3. The lowest BCUT2D eigenvalue weighted by molar-refractivity contribution is -0.164. The summed E-state index contributed by atoms with van der Waals surface area (Å²) in [5.41, 5.74) is -0.241. The molecule has 0 atom stereocenters. The standard InChI is InChI=1S/C7H14O3/c1-6(8)9-5-10-7(2,3)4/h5H2,1-4H3. The first-order chi connectivity index (χ1) is 4.42. The van der Waals surface area contributed by atoms with E-state index in [-0.39, 0.29) is 18.4 Å². The Bertz CT molecular complexity index is 113. The molecule has 10 heavy (non-hydrogen) atoms. The Hall–Kier alpha value is -0.570. The second-order valence-electron chi connectivity index (χ2n) is 3.01. The van der Waals surface area contributed by atoms with Crippen LogP contribution >= 0.6 is 0 Å². The molecule has 0 amide bonds. The van der Waals surface area contributed by atoms with E-state index in [2.05, 4.69) is 4.74 Å². The normalized spacial score (nSPS) is 11.2. The third-order valence-electron chi connectivity index (χ3n) is 0.754. The highest BCUT2D eigenvalue weighted by molar-refractivity contribution is 5.65. The Kier molecular flexibility index (Phi) is 3.36. The van der Waals surface area contributed by atoms with Crippen LogP contribution < -0.4 is 0 Å². The van der Waals surface area contributed by atoms with E-state index < -0.39 is 0 Å². The van der Waals surface area contributed by atoms with E-state index in [1.165, 1.54) is 6.92 Å². The molecule has 0 aromatic heterocycles. The fourth-order valence-corrected chi connectivity index (χ4v) is 0.289. The van der Waals surface area contributed by atoms with Crippen LogP contribution in [0.3, 0.4) is 0 Å². The summed E-state index contributed by atoms with van der Waals surface area (Å²) in [6, 6.07) is 0. The van der Waals surface area contributed by atoms with Gasteiger partial charge in [0.2, 0.25) is 0 Å². The molecule has 0 spiro atoms. The largest absolute Gasteiger partial charge is 0.439 e. The molecule has 0 N–H and O–H groups in total. The van der Waals surface area contributed by atoms with Crippen molar-refractivity contribution in [1.29, 1.82) is 0 Å². The van der Waals surface area contributed by atoms with Gasteiger partial charge in [0.25, 0.3) is 0 Å². The summed E-state index contributed by atoms with van der Waals surface area (Å²) >= 11 is 0. The maximum absolute atomic E-state index is 10.2. The van der Waals surface area contributed by atoms with Gasteiger partial charge >= 0.3 is 5.97 Å². The molecule has 0 saturated carbocycles. The van der Waals surface area contributed by atoms with Crippen molar-refractivity contribution in [3.05, 3.63) is 0 Å². The molecule has 0 aromatic rings. The lowest BCUT2D eigenvalue weighted by Gasteiger charge is -2.18. The minimum atomic E-state index is -0.316. The monoisotopic (exact) mass is 146 g/mol. The molecular formula is C7H14O3. The van der Waals surface area contributed by atoms with E-state index >= 15 is 0 Å². The molecule has 0 radical (unpaired) electrons. The number of esters is 1. The van der Waals surface area contributed by atoms with Gasteiger partial charge in [-0.3, -0.25) is 4.79 Å². The van der Waals surface area contributed by atoms with Crippen LogP contribution in [0.2, 0.25) is 0 Å². The molecule has 0 rings (SSSR count). The number of hydrogen-bond donors (Lipinski definition) is 0. The molecular weight excluding hydrogens is 132 g/mol. The smallest absolute Gasteiger partial charge is 0.304 e. The van der Waals surface area contributed by atoms with Crippen molar-refractivity contribution in [2.75, 3.05) is 6.79 Å². The number of ether oxygens (including phenoxy) is 2. The van der Waals surface area contributed by atoms with Crippen LogP contribution in [-0.2, 0) is 14.3 Å². The highest BCUT2D eigenvalue weighted by Gasteiger charge is 2.09. The second kappa shape index (κ2) is 3.56. The van der Waals surface area contributed by atoms with Gasteiger partial charge in [-0.1, -0.05) is 0 Å². The molecule has 3 heteroatoms. The van der Waals surface area contributed by atoms with Crippen molar-refractivity contribution >= 4 is 5.97 Å². The molecule has 0 heterocycles. The molecule has 0 aliphatic rings. The van der Waals surface area contributed by atoms with Crippen LogP contribution in [-0.4, -0.2) is 18.4 Å². The zero-order valence-corrected chi connectivity index (χ0v) is 6.93. The lowest BCUT2D eigenvalue weighted by atomic mass is 10.2. The predicted octanol–water partition coefficient (Wildman–Crippen LogP) is 1.32. The maximum Gasteiger partial charge on any atom is 0.304 e. The topological polar surface area (TPSA) is 35.5 Å². The molecule has 0 unspecified atom stereocenters. The first kappa shape index (κ1) is 9.43. The third-order valence-corrected chi connectivity index (χ3v) is 0.754. The van der Waals surface area contributed by atoms with Gasteiger partial charge in [-0.15, -0.1) is 0 Å². The van der Waals surface area contributed by atoms with Gasteiger partial charge in [0, 0.05) is 6.92 Å². The molecule has 3 nitrogen and oxygen atoms in total. The highest BCUT2D eigenvalue weighted by atomic mass is 16.7. The summed E-state index contributed by atoms with van der Waals surface area (Å²) in [5, 5.41) is 0. The number of rotatable bonds is 2. The van der Waals surface area contributed by atoms with Gasteiger partial charge < -0.3 is 9.47 Å². The van der Waals surface area contributed by atoms with Crippen LogP contribution in [0.15, 0.2) is 0 Å². The Morgan fingerprint density at radius 1 is 1.40 bits per heavy atom. The van der Waals surface area contributed by atoms with E-state index in [9.17, 15) is 4.79 Å².